The van der Waals surface area contributed by atoms with Crippen molar-refractivity contribution in [1.29, 1.82) is 0 Å². The Bertz CT molecular complexity index is 322. The van der Waals surface area contributed by atoms with E-state index in [4.69, 9.17) is 4.74 Å². The van der Waals surface area contributed by atoms with Crippen molar-refractivity contribution in [2.75, 3.05) is 6.61 Å². The average molecular weight is 262 g/mol. The average Bonchev–Trinajstić information content (AvgIpc) is 2.49. The van der Waals surface area contributed by atoms with E-state index in [1.54, 1.807) is 13.0 Å². The van der Waals surface area contributed by atoms with Crippen LogP contribution in [-0.2, 0) is 9.53 Å². The van der Waals surface area contributed by atoms with E-state index < -0.39 is 0 Å². The minimum absolute atomic E-state index is 0.341. The predicted octanol–water partition coefficient (Wildman–Crippen LogP) is 2.48. The number of esters is 1. The molecule has 0 fully saturated rings. The molecule has 0 aromatic carbocycles. The van der Waals surface area contributed by atoms with E-state index in [1.165, 1.54) is 17.4 Å². The summed E-state index contributed by atoms with van der Waals surface area (Å²) in [6, 6.07) is 0. The SMILES string of the molecule is CCOC(=O)/C=C/c1csc(Br)n1. The lowest BCUT2D eigenvalue weighted by Crippen LogP contribution is -1.98. The van der Waals surface area contributed by atoms with Crippen molar-refractivity contribution in [3.8, 4) is 0 Å². The predicted molar refractivity (Wildman–Crippen MR) is 55.5 cm³/mol. The van der Waals surface area contributed by atoms with Gasteiger partial charge in [0.15, 0.2) is 3.92 Å². The molecule has 1 heterocycles. The second-order valence-corrected chi connectivity index (χ2v) is 4.24. The number of ether oxygens (including phenoxy) is 1. The molecule has 0 unspecified atom stereocenters. The standard InChI is InChI=1S/C8H8BrNO2S/c1-2-12-7(11)4-3-6-5-13-8(9)10-6/h3-5H,2H2,1H3/b4-3+. The highest BCUT2D eigenvalue weighted by Gasteiger charge is 1.96. The lowest BCUT2D eigenvalue weighted by Gasteiger charge is -1.92. The molecule has 0 atom stereocenters. The van der Waals surface area contributed by atoms with Crippen LogP contribution in [0.2, 0.25) is 0 Å². The lowest BCUT2D eigenvalue weighted by atomic mass is 10.4. The van der Waals surface area contributed by atoms with Crippen LogP contribution in [0, 0.1) is 0 Å². The van der Waals surface area contributed by atoms with Crippen LogP contribution in [-0.4, -0.2) is 17.6 Å². The van der Waals surface area contributed by atoms with Crippen LogP contribution in [0.25, 0.3) is 6.08 Å². The summed E-state index contributed by atoms with van der Waals surface area (Å²) < 4.78 is 5.51. The maximum Gasteiger partial charge on any atom is 0.330 e. The number of hydrogen-bond acceptors (Lipinski definition) is 4. The van der Waals surface area contributed by atoms with E-state index >= 15 is 0 Å². The van der Waals surface area contributed by atoms with Gasteiger partial charge in [0, 0.05) is 11.5 Å². The third-order valence-corrected chi connectivity index (χ3v) is 2.55. The van der Waals surface area contributed by atoms with Crippen molar-refractivity contribution in [3.63, 3.8) is 0 Å². The van der Waals surface area contributed by atoms with E-state index in [2.05, 4.69) is 20.9 Å². The Labute approximate surface area is 88.6 Å². The fourth-order valence-corrected chi connectivity index (χ4v) is 1.68. The van der Waals surface area contributed by atoms with Crippen LogP contribution in [0.4, 0.5) is 0 Å². The molecule has 0 saturated heterocycles. The molecule has 0 spiro atoms. The molecule has 0 N–H and O–H groups in total. The van der Waals surface area contributed by atoms with E-state index in [9.17, 15) is 4.79 Å². The number of thiazole rings is 1. The Hall–Kier alpha value is -0.680. The number of halogens is 1. The molecule has 70 valence electrons. The number of aromatic nitrogens is 1. The first kappa shape index (κ1) is 10.4. The fraction of sp³-hybridized carbons (Fsp3) is 0.250. The number of hydrogen-bond donors (Lipinski definition) is 0. The third-order valence-electron chi connectivity index (χ3n) is 1.17. The Balaban J connectivity index is 2.53. The molecule has 0 aliphatic carbocycles. The molecule has 0 saturated carbocycles. The molecular formula is C8H8BrNO2S. The molecule has 5 heteroatoms. The Kier molecular flexibility index (Phi) is 4.11. The summed E-state index contributed by atoms with van der Waals surface area (Å²) in [6.07, 6.45) is 2.99. The van der Waals surface area contributed by atoms with Crippen molar-refractivity contribution >= 4 is 39.3 Å². The van der Waals surface area contributed by atoms with Crippen molar-refractivity contribution in [1.82, 2.24) is 4.98 Å². The topological polar surface area (TPSA) is 39.2 Å². The second kappa shape index (κ2) is 5.14. The second-order valence-electron chi connectivity index (χ2n) is 2.11. The number of rotatable bonds is 3. The molecular weight excluding hydrogens is 254 g/mol. The van der Waals surface area contributed by atoms with Gasteiger partial charge >= 0.3 is 5.97 Å². The number of carbonyl (C=O) groups excluding carboxylic acids is 1. The molecule has 1 rings (SSSR count). The Morgan fingerprint density at radius 1 is 1.85 bits per heavy atom. The lowest BCUT2D eigenvalue weighted by molar-refractivity contribution is -0.137. The van der Waals surface area contributed by atoms with Crippen molar-refractivity contribution in [3.05, 3.63) is 21.1 Å². The van der Waals surface area contributed by atoms with Crippen LogP contribution in [0.5, 0.6) is 0 Å². The molecule has 3 nitrogen and oxygen atoms in total. The van der Waals surface area contributed by atoms with Gasteiger partial charge in [-0.2, -0.15) is 0 Å². The van der Waals surface area contributed by atoms with Crippen molar-refractivity contribution in [2.45, 2.75) is 6.92 Å². The monoisotopic (exact) mass is 261 g/mol. The Morgan fingerprint density at radius 2 is 2.62 bits per heavy atom. The quantitative estimate of drug-likeness (QED) is 0.620. The number of carbonyl (C=O) groups is 1. The zero-order valence-electron chi connectivity index (χ0n) is 6.99. The summed E-state index contributed by atoms with van der Waals surface area (Å²) in [5.74, 6) is -0.341. The molecule has 1 aromatic rings. The Morgan fingerprint density at radius 3 is 3.15 bits per heavy atom. The molecule has 0 aliphatic heterocycles. The fourth-order valence-electron chi connectivity index (χ4n) is 0.684. The van der Waals surface area contributed by atoms with Crippen molar-refractivity contribution < 1.29 is 9.53 Å². The van der Waals surface area contributed by atoms with E-state index in [0.717, 1.165) is 9.61 Å². The summed E-state index contributed by atoms with van der Waals surface area (Å²) in [7, 11) is 0. The minimum Gasteiger partial charge on any atom is -0.463 e. The summed E-state index contributed by atoms with van der Waals surface area (Å²) >= 11 is 4.70. The highest BCUT2D eigenvalue weighted by atomic mass is 79.9. The van der Waals surface area contributed by atoms with E-state index in [0.29, 0.717) is 6.61 Å². The van der Waals surface area contributed by atoms with Gasteiger partial charge in [0.1, 0.15) is 0 Å². The molecule has 0 radical (unpaired) electrons. The third kappa shape index (κ3) is 3.69. The maximum atomic E-state index is 10.9. The zero-order valence-corrected chi connectivity index (χ0v) is 9.39. The van der Waals surface area contributed by atoms with Crippen LogP contribution in [0.1, 0.15) is 12.6 Å². The van der Waals surface area contributed by atoms with Gasteiger partial charge < -0.3 is 4.74 Å². The van der Waals surface area contributed by atoms with Gasteiger partial charge in [-0.25, -0.2) is 9.78 Å². The summed E-state index contributed by atoms with van der Waals surface area (Å²) in [5, 5.41) is 1.85. The van der Waals surface area contributed by atoms with Gasteiger partial charge in [-0.3, -0.25) is 0 Å². The van der Waals surface area contributed by atoms with Gasteiger partial charge in [-0.1, -0.05) is 0 Å². The van der Waals surface area contributed by atoms with Crippen LogP contribution in [0.3, 0.4) is 0 Å². The normalized spacial score (nSPS) is 10.6. The summed E-state index contributed by atoms with van der Waals surface area (Å²) in [6.45, 7) is 2.16. The first-order valence-corrected chi connectivity index (χ1v) is 5.35. The zero-order chi connectivity index (χ0) is 9.68. The molecule has 13 heavy (non-hydrogen) atoms. The molecule has 0 aliphatic rings. The highest BCUT2D eigenvalue weighted by Crippen LogP contribution is 2.16. The van der Waals surface area contributed by atoms with Gasteiger partial charge in [0.2, 0.25) is 0 Å². The van der Waals surface area contributed by atoms with Crippen LogP contribution < -0.4 is 0 Å². The summed E-state index contributed by atoms with van der Waals surface area (Å²) in [4.78, 5) is 15.0. The van der Waals surface area contributed by atoms with Crippen LogP contribution >= 0.6 is 27.3 Å². The van der Waals surface area contributed by atoms with Crippen molar-refractivity contribution in [2.24, 2.45) is 0 Å². The summed E-state index contributed by atoms with van der Waals surface area (Å²) in [5.41, 5.74) is 0.755. The molecule has 1 aromatic heterocycles. The van der Waals surface area contributed by atoms with Gasteiger partial charge in [0.05, 0.1) is 12.3 Å². The maximum absolute atomic E-state index is 10.9. The first-order valence-electron chi connectivity index (χ1n) is 3.68. The number of nitrogens with zero attached hydrogens (tertiary/aromatic N) is 1. The van der Waals surface area contributed by atoms with Crippen LogP contribution in [0.15, 0.2) is 15.4 Å². The molecule has 0 bridgehead atoms. The molecule has 0 amide bonds. The van der Waals surface area contributed by atoms with Gasteiger partial charge in [-0.15, -0.1) is 11.3 Å². The van der Waals surface area contributed by atoms with E-state index in [1.807, 2.05) is 5.38 Å². The smallest absolute Gasteiger partial charge is 0.330 e. The van der Waals surface area contributed by atoms with E-state index in [-0.39, 0.29) is 5.97 Å². The van der Waals surface area contributed by atoms with Gasteiger partial charge in [-0.05, 0) is 28.9 Å². The van der Waals surface area contributed by atoms with Gasteiger partial charge in [0.25, 0.3) is 0 Å². The largest absolute Gasteiger partial charge is 0.463 e. The highest BCUT2D eigenvalue weighted by molar-refractivity contribution is 9.11. The minimum atomic E-state index is -0.341. The first-order chi connectivity index (χ1) is 6.22.